The van der Waals surface area contributed by atoms with Gasteiger partial charge in [0.05, 0.1) is 25.3 Å². The van der Waals surface area contributed by atoms with Crippen LogP contribution in [0.2, 0.25) is 0 Å². The molecule has 23 heavy (non-hydrogen) atoms. The van der Waals surface area contributed by atoms with Gasteiger partial charge < -0.3 is 9.47 Å². The van der Waals surface area contributed by atoms with Crippen molar-refractivity contribution in [3.05, 3.63) is 41.5 Å². The Balaban J connectivity index is 1.85. The van der Waals surface area contributed by atoms with Crippen LogP contribution >= 0.6 is 11.3 Å². The molecule has 0 N–H and O–H groups in total. The van der Waals surface area contributed by atoms with Gasteiger partial charge in [-0.2, -0.15) is 0 Å². The first-order chi connectivity index (χ1) is 11.2. The van der Waals surface area contributed by atoms with Crippen LogP contribution in [0.15, 0.2) is 35.8 Å². The number of imidazole rings is 1. The Labute approximate surface area is 138 Å². The summed E-state index contributed by atoms with van der Waals surface area (Å²) in [6.45, 7) is 4.81. The normalized spacial score (nSPS) is 10.9. The van der Waals surface area contributed by atoms with Gasteiger partial charge in [-0.1, -0.05) is 0 Å². The molecule has 0 aliphatic heterocycles. The first kappa shape index (κ1) is 15.6. The Bertz CT molecular complexity index is 805. The number of ether oxygens (including phenoxy) is 2. The van der Waals surface area contributed by atoms with E-state index in [-0.39, 0.29) is 12.4 Å². The highest BCUT2D eigenvalue weighted by Gasteiger charge is 2.13. The molecule has 0 spiro atoms. The van der Waals surface area contributed by atoms with Crippen molar-refractivity contribution in [2.75, 3.05) is 13.2 Å². The number of benzene rings is 1. The van der Waals surface area contributed by atoms with Gasteiger partial charge in [0.15, 0.2) is 4.96 Å². The van der Waals surface area contributed by atoms with E-state index in [0.29, 0.717) is 13.2 Å². The molecule has 0 bridgehead atoms. The van der Waals surface area contributed by atoms with E-state index in [1.54, 1.807) is 0 Å². The molecule has 0 saturated heterocycles. The monoisotopic (exact) mass is 330 g/mol. The van der Waals surface area contributed by atoms with Crippen molar-refractivity contribution in [1.82, 2.24) is 9.38 Å². The molecule has 3 aromatic rings. The smallest absolute Gasteiger partial charge is 0.311 e. The van der Waals surface area contributed by atoms with Crippen molar-refractivity contribution in [3.63, 3.8) is 0 Å². The fourth-order valence-electron chi connectivity index (χ4n) is 2.34. The number of rotatable bonds is 6. The van der Waals surface area contributed by atoms with Crippen LogP contribution < -0.4 is 4.74 Å². The molecule has 0 unspecified atom stereocenters. The minimum atomic E-state index is -0.219. The molecule has 1 aromatic carbocycles. The van der Waals surface area contributed by atoms with E-state index in [1.807, 2.05) is 54.1 Å². The summed E-state index contributed by atoms with van der Waals surface area (Å²) in [5.74, 6) is 0.629. The van der Waals surface area contributed by atoms with Crippen molar-refractivity contribution < 1.29 is 14.3 Å². The van der Waals surface area contributed by atoms with Crippen LogP contribution in [0.1, 0.15) is 19.5 Å². The molecule has 0 radical (unpaired) electrons. The third-order valence-corrected chi connectivity index (χ3v) is 4.26. The Kier molecular flexibility index (Phi) is 4.62. The number of carbonyl (C=O) groups excluding carboxylic acids is 1. The summed E-state index contributed by atoms with van der Waals surface area (Å²) in [5, 5.41) is 1.95. The summed E-state index contributed by atoms with van der Waals surface area (Å²) in [6.07, 6.45) is 2.21. The number of esters is 1. The maximum atomic E-state index is 11.7. The van der Waals surface area contributed by atoms with Crippen LogP contribution in [-0.4, -0.2) is 28.6 Å². The van der Waals surface area contributed by atoms with E-state index in [2.05, 4.69) is 4.98 Å². The summed E-state index contributed by atoms with van der Waals surface area (Å²) in [5.41, 5.74) is 2.80. The number of thiazole rings is 1. The molecule has 2 heterocycles. The number of carbonyl (C=O) groups is 1. The van der Waals surface area contributed by atoms with Crippen LogP contribution in [0, 0.1) is 0 Å². The Morgan fingerprint density at radius 2 is 2.00 bits per heavy atom. The first-order valence-corrected chi connectivity index (χ1v) is 8.43. The lowest BCUT2D eigenvalue weighted by Crippen LogP contribution is -2.08. The molecule has 0 fully saturated rings. The summed E-state index contributed by atoms with van der Waals surface area (Å²) in [6, 6.07) is 7.85. The molecule has 0 amide bonds. The minimum absolute atomic E-state index is 0.219. The molecular formula is C17H18N2O3S. The van der Waals surface area contributed by atoms with Crippen molar-refractivity contribution in [3.8, 4) is 17.0 Å². The predicted molar refractivity (Wildman–Crippen MR) is 90.0 cm³/mol. The van der Waals surface area contributed by atoms with Crippen molar-refractivity contribution in [1.29, 1.82) is 0 Å². The molecule has 0 atom stereocenters. The van der Waals surface area contributed by atoms with Crippen molar-refractivity contribution >= 4 is 22.3 Å². The zero-order valence-electron chi connectivity index (χ0n) is 13.1. The Morgan fingerprint density at radius 1 is 1.22 bits per heavy atom. The summed E-state index contributed by atoms with van der Waals surface area (Å²) < 4.78 is 12.4. The second kappa shape index (κ2) is 6.83. The topological polar surface area (TPSA) is 52.8 Å². The van der Waals surface area contributed by atoms with E-state index in [1.165, 1.54) is 11.3 Å². The molecule has 120 valence electrons. The standard InChI is InChI=1S/C17H18N2O3S/c1-3-21-14-7-5-12(6-8-14)15-10-19-13(9-16(20)22-4-2)11-23-17(19)18-15/h5-8,10-11H,3-4,9H2,1-2H3. The summed E-state index contributed by atoms with van der Waals surface area (Å²) in [4.78, 5) is 17.2. The Morgan fingerprint density at radius 3 is 2.70 bits per heavy atom. The maximum absolute atomic E-state index is 11.7. The number of fused-ring (bicyclic) bond motifs is 1. The molecule has 3 rings (SSSR count). The van der Waals surface area contributed by atoms with Gasteiger partial charge in [0.1, 0.15) is 5.75 Å². The lowest BCUT2D eigenvalue weighted by atomic mass is 10.1. The summed E-state index contributed by atoms with van der Waals surface area (Å²) >= 11 is 1.52. The molecule has 0 aliphatic rings. The van der Waals surface area contributed by atoms with Crippen LogP contribution in [-0.2, 0) is 16.0 Å². The molecule has 0 saturated carbocycles. The van der Waals surface area contributed by atoms with Gasteiger partial charge in [-0.05, 0) is 38.1 Å². The van der Waals surface area contributed by atoms with Crippen LogP contribution in [0.25, 0.3) is 16.2 Å². The van der Waals surface area contributed by atoms with Gasteiger partial charge in [-0.3, -0.25) is 9.20 Å². The van der Waals surface area contributed by atoms with Crippen molar-refractivity contribution in [2.45, 2.75) is 20.3 Å². The summed E-state index contributed by atoms with van der Waals surface area (Å²) in [7, 11) is 0. The second-order valence-corrected chi connectivity index (χ2v) is 5.78. The van der Waals surface area contributed by atoms with Crippen LogP contribution in [0.3, 0.4) is 0 Å². The van der Waals surface area contributed by atoms with E-state index in [0.717, 1.165) is 27.7 Å². The van der Waals surface area contributed by atoms with Gasteiger partial charge in [0.25, 0.3) is 0 Å². The minimum Gasteiger partial charge on any atom is -0.494 e. The third-order valence-electron chi connectivity index (χ3n) is 3.38. The second-order valence-electron chi connectivity index (χ2n) is 4.94. The fraction of sp³-hybridized carbons (Fsp3) is 0.294. The zero-order valence-corrected chi connectivity index (χ0v) is 13.9. The van der Waals surface area contributed by atoms with Gasteiger partial charge in [-0.15, -0.1) is 11.3 Å². The van der Waals surface area contributed by atoms with E-state index in [4.69, 9.17) is 9.47 Å². The van der Waals surface area contributed by atoms with Gasteiger partial charge >= 0.3 is 5.97 Å². The van der Waals surface area contributed by atoms with Gasteiger partial charge in [0, 0.05) is 22.8 Å². The quantitative estimate of drug-likeness (QED) is 0.648. The van der Waals surface area contributed by atoms with Gasteiger partial charge in [0.2, 0.25) is 0 Å². The highest BCUT2D eigenvalue weighted by atomic mass is 32.1. The maximum Gasteiger partial charge on any atom is 0.311 e. The fourth-order valence-corrected chi connectivity index (χ4v) is 3.22. The zero-order chi connectivity index (χ0) is 16.2. The highest BCUT2D eigenvalue weighted by Crippen LogP contribution is 2.25. The van der Waals surface area contributed by atoms with E-state index < -0.39 is 0 Å². The molecule has 2 aromatic heterocycles. The van der Waals surface area contributed by atoms with Crippen molar-refractivity contribution in [2.24, 2.45) is 0 Å². The molecule has 6 heteroatoms. The Hall–Kier alpha value is -2.34. The third kappa shape index (κ3) is 3.37. The van der Waals surface area contributed by atoms with Crippen LogP contribution in [0.4, 0.5) is 0 Å². The molecule has 0 aliphatic carbocycles. The van der Waals surface area contributed by atoms with E-state index in [9.17, 15) is 4.79 Å². The van der Waals surface area contributed by atoms with Gasteiger partial charge in [-0.25, -0.2) is 4.98 Å². The number of aromatic nitrogens is 2. The highest BCUT2D eigenvalue weighted by molar-refractivity contribution is 7.15. The predicted octanol–water partition coefficient (Wildman–Crippen LogP) is 3.57. The average molecular weight is 330 g/mol. The number of nitrogens with zero attached hydrogens (tertiary/aromatic N) is 2. The largest absolute Gasteiger partial charge is 0.494 e. The van der Waals surface area contributed by atoms with E-state index >= 15 is 0 Å². The number of hydrogen-bond acceptors (Lipinski definition) is 5. The molecule has 5 nitrogen and oxygen atoms in total. The molecular weight excluding hydrogens is 312 g/mol. The first-order valence-electron chi connectivity index (χ1n) is 7.55. The average Bonchev–Trinajstić information content (AvgIpc) is 3.11. The lowest BCUT2D eigenvalue weighted by molar-refractivity contribution is -0.142. The van der Waals surface area contributed by atoms with Crippen LogP contribution in [0.5, 0.6) is 5.75 Å². The lowest BCUT2D eigenvalue weighted by Gasteiger charge is -2.03. The SMILES string of the molecule is CCOC(=O)Cc1csc2nc(-c3ccc(OCC)cc3)cn12. The number of hydrogen-bond donors (Lipinski definition) is 0.